The van der Waals surface area contributed by atoms with E-state index in [9.17, 15) is 0 Å². The third-order valence-corrected chi connectivity index (χ3v) is 16.8. The van der Waals surface area contributed by atoms with E-state index in [1.165, 1.54) is 16.0 Å². The normalized spacial score (nSPS) is 13.3. The van der Waals surface area contributed by atoms with Gasteiger partial charge in [0.15, 0.2) is 0 Å². The molecule has 0 atom stereocenters. The van der Waals surface area contributed by atoms with Crippen molar-refractivity contribution in [3.63, 3.8) is 0 Å². The van der Waals surface area contributed by atoms with Crippen molar-refractivity contribution in [2.75, 3.05) is 6.54 Å². The summed E-state index contributed by atoms with van der Waals surface area (Å²) in [6.07, 6.45) is 1.12. The number of hydrogen-bond acceptors (Lipinski definition) is 2. The average molecular weight is 328 g/mol. The van der Waals surface area contributed by atoms with Gasteiger partial charge in [0.2, 0.25) is 0 Å². The second kappa shape index (κ2) is 5.97. The quantitative estimate of drug-likeness (QED) is 0.816. The van der Waals surface area contributed by atoms with E-state index in [0.29, 0.717) is 0 Å². The number of rotatable bonds is 6. The van der Waals surface area contributed by atoms with Crippen LogP contribution in [-0.4, -0.2) is 27.9 Å². The predicted molar refractivity (Wildman–Crippen MR) is 86.5 cm³/mol. The third kappa shape index (κ3) is 3.52. The fourth-order valence-electron chi connectivity index (χ4n) is 2.00. The van der Waals surface area contributed by atoms with E-state index in [1.807, 2.05) is 0 Å². The third-order valence-electron chi connectivity index (χ3n) is 4.36. The van der Waals surface area contributed by atoms with Crippen LogP contribution in [0.2, 0.25) is 35.4 Å². The molecule has 0 saturated heterocycles. The molecule has 0 saturated carbocycles. The van der Waals surface area contributed by atoms with E-state index in [-0.39, 0.29) is 0 Å². The summed E-state index contributed by atoms with van der Waals surface area (Å²) in [4.78, 5) is 0. The van der Waals surface area contributed by atoms with Crippen molar-refractivity contribution in [3.8, 4) is 0 Å². The molecule has 1 rings (SSSR count). The first kappa shape index (κ1) is 16.1. The van der Waals surface area contributed by atoms with Crippen LogP contribution in [0.4, 0.5) is 0 Å². The summed E-state index contributed by atoms with van der Waals surface area (Å²) >= 11 is -1.95. The SMILES string of the molecule is C[CH](C)[Ge]([CH3])([CH3])[c]1ccc([Si](C)(C)CCCN)o1. The van der Waals surface area contributed by atoms with Gasteiger partial charge < -0.3 is 0 Å². The molecule has 1 aromatic rings. The van der Waals surface area contributed by atoms with E-state index in [4.69, 9.17) is 10.2 Å². The molecule has 104 valence electrons. The van der Waals surface area contributed by atoms with Gasteiger partial charge in [-0.1, -0.05) is 0 Å². The standard InChI is InChI=1S/C14H29GeNOSi/c1-12(2)15(3,4)13-8-9-14(17-13)18(5,6)11-7-10-16/h8-9,12H,7,10-11,16H2,1-6H3. The van der Waals surface area contributed by atoms with Gasteiger partial charge in [-0.3, -0.25) is 0 Å². The van der Waals surface area contributed by atoms with E-state index < -0.39 is 21.3 Å². The summed E-state index contributed by atoms with van der Waals surface area (Å²) in [6.45, 7) is 10.2. The van der Waals surface area contributed by atoms with Crippen LogP contribution >= 0.6 is 0 Å². The molecule has 0 amide bonds. The molecule has 0 spiro atoms. The molecule has 0 bridgehead atoms. The van der Waals surface area contributed by atoms with Crippen molar-refractivity contribution in [2.45, 2.75) is 55.7 Å². The van der Waals surface area contributed by atoms with E-state index in [1.54, 1.807) is 0 Å². The van der Waals surface area contributed by atoms with Gasteiger partial charge >= 0.3 is 116 Å². The molecule has 0 aliphatic heterocycles. The van der Waals surface area contributed by atoms with Crippen molar-refractivity contribution in [3.05, 3.63) is 12.1 Å². The summed E-state index contributed by atoms with van der Waals surface area (Å²) in [5, 5.41) is 1.27. The van der Waals surface area contributed by atoms with E-state index >= 15 is 0 Å². The van der Waals surface area contributed by atoms with Crippen LogP contribution in [0, 0.1) is 0 Å². The van der Waals surface area contributed by atoms with Crippen LogP contribution < -0.4 is 15.7 Å². The molecule has 1 aromatic heterocycles. The molecule has 1 heterocycles. The van der Waals surface area contributed by atoms with Crippen LogP contribution in [0.5, 0.6) is 0 Å². The van der Waals surface area contributed by atoms with E-state index in [2.05, 4.69) is 50.6 Å². The Labute approximate surface area is 116 Å². The summed E-state index contributed by atoms with van der Waals surface area (Å²) in [6, 6.07) is 5.73. The molecule has 0 radical (unpaired) electrons. The first-order chi connectivity index (χ1) is 8.21. The second-order valence-electron chi connectivity index (χ2n) is 6.82. The Morgan fingerprint density at radius 1 is 1.28 bits per heavy atom. The Morgan fingerprint density at radius 2 is 1.89 bits per heavy atom. The Kier molecular flexibility index (Phi) is 5.32. The van der Waals surface area contributed by atoms with Gasteiger partial charge in [-0.25, -0.2) is 0 Å². The molecule has 4 heteroatoms. The average Bonchev–Trinajstić information content (AvgIpc) is 2.76. The van der Waals surface area contributed by atoms with Crippen molar-refractivity contribution >= 4 is 31.3 Å². The molecule has 0 aliphatic carbocycles. The summed E-state index contributed by atoms with van der Waals surface area (Å²) in [7, 11) is -1.41. The molecule has 0 aromatic carbocycles. The number of furan rings is 1. The van der Waals surface area contributed by atoms with Crippen LogP contribution in [-0.2, 0) is 0 Å². The minimum atomic E-state index is -1.95. The first-order valence-corrected chi connectivity index (χ1v) is 16.7. The van der Waals surface area contributed by atoms with Gasteiger partial charge in [0.1, 0.15) is 0 Å². The van der Waals surface area contributed by atoms with Gasteiger partial charge in [0, 0.05) is 0 Å². The van der Waals surface area contributed by atoms with Crippen LogP contribution in [0.25, 0.3) is 0 Å². The Balaban J connectivity index is 2.92. The van der Waals surface area contributed by atoms with Crippen molar-refractivity contribution < 1.29 is 4.42 Å². The first-order valence-electron chi connectivity index (χ1n) is 7.02. The molecule has 0 fully saturated rings. The Bertz CT molecular complexity index is 385. The molecular formula is C14H29GeNOSi. The summed E-state index contributed by atoms with van der Waals surface area (Å²) < 4.78 is 8.35. The van der Waals surface area contributed by atoms with Crippen LogP contribution in [0.1, 0.15) is 20.3 Å². The minimum absolute atomic E-state index is 0.762. The summed E-state index contributed by atoms with van der Waals surface area (Å²) in [5.41, 5.74) is 5.63. The Hall–Kier alpha value is -0.000260. The monoisotopic (exact) mass is 329 g/mol. The number of nitrogens with two attached hydrogens (primary N) is 1. The summed E-state index contributed by atoms with van der Waals surface area (Å²) in [5.74, 6) is 4.89. The fraction of sp³-hybridized carbons (Fsp3) is 0.714. The maximum absolute atomic E-state index is 6.28. The zero-order chi connectivity index (χ0) is 14.0. The van der Waals surface area contributed by atoms with Gasteiger partial charge in [-0.15, -0.1) is 0 Å². The van der Waals surface area contributed by atoms with Crippen molar-refractivity contribution in [1.82, 2.24) is 0 Å². The van der Waals surface area contributed by atoms with Crippen molar-refractivity contribution in [1.29, 1.82) is 0 Å². The molecule has 2 N–H and O–H groups in total. The maximum atomic E-state index is 6.28. The molecule has 2 nitrogen and oxygen atoms in total. The number of hydrogen-bond donors (Lipinski definition) is 1. The Morgan fingerprint density at radius 3 is 2.39 bits per heavy atom. The molecular weight excluding hydrogens is 299 g/mol. The van der Waals surface area contributed by atoms with E-state index in [0.717, 1.165) is 17.7 Å². The van der Waals surface area contributed by atoms with Gasteiger partial charge in [0.05, 0.1) is 0 Å². The predicted octanol–water partition coefficient (Wildman–Crippen LogP) is 2.87. The molecule has 0 unspecified atom stereocenters. The molecule has 18 heavy (non-hydrogen) atoms. The van der Waals surface area contributed by atoms with Gasteiger partial charge in [-0.05, 0) is 0 Å². The van der Waals surface area contributed by atoms with Crippen LogP contribution in [0.15, 0.2) is 16.5 Å². The second-order valence-corrected chi connectivity index (χ2v) is 22.3. The molecule has 0 aliphatic rings. The topological polar surface area (TPSA) is 39.2 Å². The fourth-order valence-corrected chi connectivity index (χ4v) is 7.52. The zero-order valence-electron chi connectivity index (χ0n) is 12.8. The van der Waals surface area contributed by atoms with Gasteiger partial charge in [0.25, 0.3) is 0 Å². The van der Waals surface area contributed by atoms with Crippen molar-refractivity contribution in [2.24, 2.45) is 5.73 Å². The van der Waals surface area contributed by atoms with Crippen LogP contribution in [0.3, 0.4) is 0 Å². The zero-order valence-corrected chi connectivity index (χ0v) is 15.9. The van der Waals surface area contributed by atoms with Gasteiger partial charge in [-0.2, -0.15) is 0 Å².